The Hall–Kier alpha value is -2.28. The lowest BCUT2D eigenvalue weighted by molar-refractivity contribution is -0.108. The molecule has 3 aliphatic carbocycles. The molecule has 6 rings (SSSR count). The number of nitrogens with one attached hydrogen (secondary N) is 2. The summed E-state index contributed by atoms with van der Waals surface area (Å²) in [6.45, 7) is 12.8. The van der Waals surface area contributed by atoms with Crippen molar-refractivity contribution in [1.29, 1.82) is 0 Å². The average Bonchev–Trinajstić information content (AvgIpc) is 2.91. The minimum atomic E-state index is 0.346. The van der Waals surface area contributed by atoms with E-state index in [1.807, 2.05) is 36.4 Å². The lowest BCUT2D eigenvalue weighted by Gasteiger charge is -2.61. The zero-order valence-electron chi connectivity index (χ0n) is 23.5. The number of aliphatic imine (C=N–C) groups is 1. The van der Waals surface area contributed by atoms with Crippen LogP contribution in [-0.4, -0.2) is 55.5 Å². The number of hydrogen-bond acceptors (Lipinski definition) is 3. The van der Waals surface area contributed by atoms with Gasteiger partial charge in [0.15, 0.2) is 5.96 Å². The molecule has 210 valence electrons. The van der Waals surface area contributed by atoms with Gasteiger partial charge in [0.25, 0.3) is 0 Å². The van der Waals surface area contributed by atoms with Crippen molar-refractivity contribution in [2.75, 3.05) is 36.4 Å². The fourth-order valence-corrected chi connectivity index (χ4v) is 7.34. The summed E-state index contributed by atoms with van der Waals surface area (Å²) in [4.78, 5) is 21.4. The largest absolute Gasteiger partial charge is 0.340 e. The van der Waals surface area contributed by atoms with Crippen LogP contribution in [0.2, 0.25) is 10.0 Å². The number of halogens is 2. The molecule has 2 bridgehead atoms. The Balaban J connectivity index is 1.29. The van der Waals surface area contributed by atoms with E-state index in [9.17, 15) is 4.79 Å². The fraction of sp³-hybridized carbons (Fsp3) is 0.548. The quantitative estimate of drug-likeness (QED) is 0.232. The zero-order chi connectivity index (χ0) is 27.7. The van der Waals surface area contributed by atoms with Crippen molar-refractivity contribution in [3.63, 3.8) is 0 Å². The first kappa shape index (κ1) is 28.3. The zero-order valence-corrected chi connectivity index (χ0v) is 25.0. The Labute approximate surface area is 243 Å². The highest BCUT2D eigenvalue weighted by Gasteiger charge is 2.56. The minimum absolute atomic E-state index is 0.346. The molecule has 5 atom stereocenters. The van der Waals surface area contributed by atoms with Crippen LogP contribution in [0.4, 0.5) is 11.4 Å². The molecule has 2 unspecified atom stereocenters. The number of hydrogen-bond donors (Lipinski definition) is 2. The van der Waals surface area contributed by atoms with Crippen molar-refractivity contribution >= 4 is 46.9 Å². The van der Waals surface area contributed by atoms with Gasteiger partial charge in [-0.15, -0.1) is 0 Å². The Morgan fingerprint density at radius 2 is 1.95 bits per heavy atom. The normalized spacial score (nSPS) is 28.0. The molecule has 2 aromatic carbocycles. The predicted molar refractivity (Wildman–Crippen MR) is 163 cm³/mol. The summed E-state index contributed by atoms with van der Waals surface area (Å²) in [6.07, 6.45) is 4.04. The summed E-state index contributed by atoms with van der Waals surface area (Å²) in [5.41, 5.74) is 3.24. The molecule has 1 amide bonds. The standard InChI is InChI=1S/C31H41Cl2N5O/c1-20-18-37(14-12-34-20)30(36-29-16-23-15-27(21(29)2)31(23,3)4)35-25-7-9-26(10-8-25)38(19-39)13-11-22-5-6-24(32)17-28(22)33/h5-10,17,19-21,23,27,29,34H,11-16,18H2,1-4H3,(H,35,36)/t20-,21?,23-,27-,29?/m0/s1. The topological polar surface area (TPSA) is 60.0 Å². The molecule has 39 heavy (non-hydrogen) atoms. The number of carbonyl (C=O) groups is 1. The van der Waals surface area contributed by atoms with Gasteiger partial charge in [-0.1, -0.05) is 50.0 Å². The molecule has 1 heterocycles. The van der Waals surface area contributed by atoms with Gasteiger partial charge in [-0.05, 0) is 91.3 Å². The molecule has 1 saturated heterocycles. The SMILES string of the molecule is CC1C(N=C(Nc2ccc(N(C=O)CCc3ccc(Cl)cc3Cl)cc2)N2CCN[C@@H](C)C2)C[C@@H]2C[C@@H]1C2(C)C. The van der Waals surface area contributed by atoms with Crippen molar-refractivity contribution in [3.8, 4) is 0 Å². The third-order valence-electron chi connectivity index (χ3n) is 9.49. The second-order valence-electron chi connectivity index (χ2n) is 12.2. The summed E-state index contributed by atoms with van der Waals surface area (Å²) >= 11 is 12.3. The molecule has 4 fully saturated rings. The van der Waals surface area contributed by atoms with Crippen molar-refractivity contribution < 1.29 is 4.79 Å². The second kappa shape index (κ2) is 11.7. The third-order valence-corrected chi connectivity index (χ3v) is 10.1. The molecular formula is C31H41Cl2N5O. The summed E-state index contributed by atoms with van der Waals surface area (Å²) in [5.74, 6) is 3.08. The average molecular weight is 571 g/mol. The number of piperazine rings is 1. The predicted octanol–water partition coefficient (Wildman–Crippen LogP) is 6.33. The first-order valence-electron chi connectivity index (χ1n) is 14.2. The Morgan fingerprint density at radius 1 is 1.18 bits per heavy atom. The summed E-state index contributed by atoms with van der Waals surface area (Å²) < 4.78 is 0. The number of guanidine groups is 1. The van der Waals surface area contributed by atoms with E-state index in [2.05, 4.69) is 43.2 Å². The minimum Gasteiger partial charge on any atom is -0.340 e. The van der Waals surface area contributed by atoms with Crippen LogP contribution >= 0.6 is 23.2 Å². The molecule has 0 spiro atoms. The van der Waals surface area contributed by atoms with Gasteiger partial charge in [-0.2, -0.15) is 0 Å². The molecule has 3 saturated carbocycles. The maximum Gasteiger partial charge on any atom is 0.214 e. The smallest absolute Gasteiger partial charge is 0.214 e. The number of fused-ring (bicyclic) bond motifs is 2. The lowest BCUT2D eigenvalue weighted by atomic mass is 9.45. The van der Waals surface area contributed by atoms with E-state index in [-0.39, 0.29) is 0 Å². The van der Waals surface area contributed by atoms with Gasteiger partial charge in [0, 0.05) is 53.6 Å². The monoisotopic (exact) mass is 569 g/mol. The van der Waals surface area contributed by atoms with E-state index in [0.29, 0.717) is 46.4 Å². The maximum atomic E-state index is 11.9. The highest BCUT2D eigenvalue weighted by atomic mass is 35.5. The Morgan fingerprint density at radius 3 is 2.59 bits per heavy atom. The molecular weight excluding hydrogens is 529 g/mol. The first-order chi connectivity index (χ1) is 18.7. The lowest BCUT2D eigenvalue weighted by Crippen LogP contribution is -2.57. The van der Waals surface area contributed by atoms with Crippen molar-refractivity contribution in [2.45, 2.75) is 59.0 Å². The summed E-state index contributed by atoms with van der Waals surface area (Å²) in [7, 11) is 0. The van der Waals surface area contributed by atoms with Crippen LogP contribution < -0.4 is 15.5 Å². The van der Waals surface area contributed by atoms with Crippen molar-refractivity contribution in [2.24, 2.45) is 28.2 Å². The van der Waals surface area contributed by atoms with Gasteiger partial charge < -0.3 is 20.4 Å². The van der Waals surface area contributed by atoms with Crippen LogP contribution in [0.5, 0.6) is 0 Å². The number of carbonyl (C=O) groups excluding carboxylic acids is 1. The molecule has 1 aliphatic heterocycles. The number of rotatable bonds is 7. The highest BCUT2D eigenvalue weighted by Crippen LogP contribution is 2.61. The molecule has 6 nitrogen and oxygen atoms in total. The number of nitrogens with zero attached hydrogens (tertiary/aromatic N) is 3. The number of benzene rings is 2. The van der Waals surface area contributed by atoms with Crippen LogP contribution in [0.1, 0.15) is 46.1 Å². The summed E-state index contributed by atoms with van der Waals surface area (Å²) in [5, 5.41) is 8.43. The van der Waals surface area contributed by atoms with Gasteiger partial charge in [0.2, 0.25) is 6.41 Å². The van der Waals surface area contributed by atoms with Gasteiger partial charge in [0.05, 0.1) is 6.04 Å². The van der Waals surface area contributed by atoms with E-state index in [1.54, 1.807) is 11.0 Å². The van der Waals surface area contributed by atoms with E-state index in [1.165, 1.54) is 12.8 Å². The van der Waals surface area contributed by atoms with Crippen LogP contribution in [0.3, 0.4) is 0 Å². The Bertz CT molecular complexity index is 1200. The summed E-state index contributed by atoms with van der Waals surface area (Å²) in [6, 6.07) is 14.3. The van der Waals surface area contributed by atoms with Crippen LogP contribution in [-0.2, 0) is 11.2 Å². The highest BCUT2D eigenvalue weighted by molar-refractivity contribution is 6.35. The van der Waals surface area contributed by atoms with Crippen LogP contribution in [0, 0.1) is 23.2 Å². The fourth-order valence-electron chi connectivity index (χ4n) is 6.84. The van der Waals surface area contributed by atoms with Gasteiger partial charge >= 0.3 is 0 Å². The first-order valence-corrected chi connectivity index (χ1v) is 15.0. The molecule has 2 N–H and O–H groups in total. The Kier molecular flexibility index (Phi) is 8.46. The molecule has 8 heteroatoms. The van der Waals surface area contributed by atoms with E-state index in [0.717, 1.165) is 60.8 Å². The van der Waals surface area contributed by atoms with Crippen molar-refractivity contribution in [1.82, 2.24) is 10.2 Å². The van der Waals surface area contributed by atoms with E-state index in [4.69, 9.17) is 28.2 Å². The third kappa shape index (κ3) is 6.08. The number of amides is 1. The van der Waals surface area contributed by atoms with Crippen LogP contribution in [0.25, 0.3) is 0 Å². The van der Waals surface area contributed by atoms with Crippen LogP contribution in [0.15, 0.2) is 47.5 Å². The maximum absolute atomic E-state index is 11.9. The van der Waals surface area contributed by atoms with E-state index >= 15 is 0 Å². The second-order valence-corrected chi connectivity index (χ2v) is 13.1. The molecule has 0 aromatic heterocycles. The molecule has 2 aromatic rings. The van der Waals surface area contributed by atoms with Gasteiger partial charge in [-0.25, -0.2) is 4.99 Å². The van der Waals surface area contributed by atoms with E-state index < -0.39 is 0 Å². The van der Waals surface area contributed by atoms with Crippen molar-refractivity contribution in [3.05, 3.63) is 58.1 Å². The number of anilines is 2. The molecule has 4 aliphatic rings. The molecule has 0 radical (unpaired) electrons. The van der Waals surface area contributed by atoms with Gasteiger partial charge in [0.1, 0.15) is 0 Å². The van der Waals surface area contributed by atoms with Gasteiger partial charge in [-0.3, -0.25) is 4.79 Å².